The molecule has 3 heteroatoms. The van der Waals surface area contributed by atoms with Crippen LogP contribution in [0.2, 0.25) is 0 Å². The van der Waals surface area contributed by atoms with Crippen molar-refractivity contribution in [2.24, 2.45) is 5.73 Å². The number of benzene rings is 2. The third kappa shape index (κ3) is 3.85. The second-order valence-electron chi connectivity index (χ2n) is 5.65. The summed E-state index contributed by atoms with van der Waals surface area (Å²) in [4.78, 5) is 2.17. The van der Waals surface area contributed by atoms with Crippen LogP contribution >= 0.6 is 0 Å². The summed E-state index contributed by atoms with van der Waals surface area (Å²) < 4.78 is 0. The van der Waals surface area contributed by atoms with Gasteiger partial charge < -0.3 is 10.6 Å². The molecule has 2 rings (SSSR count). The Morgan fingerprint density at radius 2 is 1.67 bits per heavy atom. The fourth-order valence-electron chi connectivity index (χ4n) is 2.62. The van der Waals surface area contributed by atoms with E-state index in [4.69, 9.17) is 11.1 Å². The molecule has 110 valence electrons. The molecule has 0 saturated carbocycles. The third-order valence-corrected chi connectivity index (χ3v) is 3.68. The molecule has 0 aliphatic rings. The van der Waals surface area contributed by atoms with Crippen molar-refractivity contribution >= 4 is 11.5 Å². The smallest absolute Gasteiger partial charge is 0.1000 e. The minimum atomic E-state index is -0.0861. The van der Waals surface area contributed by atoms with Gasteiger partial charge in [0.1, 0.15) is 0 Å². The zero-order valence-electron chi connectivity index (χ0n) is 12.9. The molecule has 0 bridgehead atoms. The van der Waals surface area contributed by atoms with Gasteiger partial charge >= 0.3 is 0 Å². The van der Waals surface area contributed by atoms with E-state index in [-0.39, 0.29) is 11.8 Å². The molecule has 0 radical (unpaired) electrons. The van der Waals surface area contributed by atoms with Crippen molar-refractivity contribution in [1.29, 1.82) is 5.41 Å². The number of nitrogens with one attached hydrogen (secondary N) is 1. The second-order valence-corrected chi connectivity index (χ2v) is 5.65. The summed E-state index contributed by atoms with van der Waals surface area (Å²) in [5.41, 5.74) is 10.6. The molecule has 0 amide bonds. The minimum Gasteiger partial charge on any atom is -0.387 e. The lowest BCUT2D eigenvalue weighted by Crippen LogP contribution is -2.32. The van der Waals surface area contributed by atoms with E-state index >= 15 is 0 Å². The number of aryl methyl sites for hydroxylation is 2. The molecule has 0 aliphatic carbocycles. The molecule has 1 unspecified atom stereocenters. The Balaban J connectivity index is 2.23. The Bertz CT molecular complexity index is 599. The molecule has 0 fully saturated rings. The van der Waals surface area contributed by atoms with E-state index in [1.807, 2.05) is 37.4 Å². The first kappa shape index (κ1) is 15.1. The lowest BCUT2D eigenvalue weighted by atomic mass is 9.97. The van der Waals surface area contributed by atoms with Gasteiger partial charge in [-0.1, -0.05) is 36.4 Å². The van der Waals surface area contributed by atoms with Crippen LogP contribution in [0.5, 0.6) is 0 Å². The molecule has 0 aliphatic heterocycles. The lowest BCUT2D eigenvalue weighted by Gasteiger charge is -2.26. The highest BCUT2D eigenvalue weighted by Gasteiger charge is 2.17. The van der Waals surface area contributed by atoms with Crippen molar-refractivity contribution in [1.82, 2.24) is 0 Å². The molecule has 2 aromatic rings. The van der Waals surface area contributed by atoms with E-state index < -0.39 is 0 Å². The average Bonchev–Trinajstić information content (AvgIpc) is 2.44. The average molecular weight is 281 g/mol. The van der Waals surface area contributed by atoms with Gasteiger partial charge in [0.15, 0.2) is 0 Å². The molecule has 3 N–H and O–H groups in total. The van der Waals surface area contributed by atoms with E-state index in [1.165, 1.54) is 11.1 Å². The summed E-state index contributed by atoms with van der Waals surface area (Å²) in [6.07, 6.45) is 0. The van der Waals surface area contributed by atoms with Crippen LogP contribution in [0.25, 0.3) is 0 Å². The number of anilines is 1. The van der Waals surface area contributed by atoms with Gasteiger partial charge in [-0.25, -0.2) is 0 Å². The first-order chi connectivity index (χ1) is 9.97. The first-order valence-electron chi connectivity index (χ1n) is 7.15. The van der Waals surface area contributed by atoms with Crippen LogP contribution < -0.4 is 10.6 Å². The Morgan fingerprint density at radius 3 is 2.19 bits per heavy atom. The van der Waals surface area contributed by atoms with Crippen LogP contribution in [0.4, 0.5) is 5.69 Å². The van der Waals surface area contributed by atoms with Crippen LogP contribution in [0.1, 0.15) is 22.6 Å². The highest BCUT2D eigenvalue weighted by Crippen LogP contribution is 2.22. The van der Waals surface area contributed by atoms with Crippen LogP contribution in [-0.4, -0.2) is 19.4 Å². The molecule has 0 spiro atoms. The predicted octanol–water partition coefficient (Wildman–Crippen LogP) is 3.46. The SMILES string of the molecule is Cc1cc(C)cc(N(C)CC(C(=N)N)c2ccccc2)c1. The summed E-state index contributed by atoms with van der Waals surface area (Å²) in [5, 5.41) is 7.88. The van der Waals surface area contributed by atoms with Crippen molar-refractivity contribution in [3.05, 3.63) is 65.2 Å². The van der Waals surface area contributed by atoms with E-state index in [0.29, 0.717) is 6.54 Å². The second kappa shape index (κ2) is 6.44. The fourth-order valence-corrected chi connectivity index (χ4v) is 2.62. The molecular weight excluding hydrogens is 258 g/mol. The Hall–Kier alpha value is -2.29. The van der Waals surface area contributed by atoms with Crippen LogP contribution in [-0.2, 0) is 0 Å². The van der Waals surface area contributed by atoms with E-state index in [9.17, 15) is 0 Å². The van der Waals surface area contributed by atoms with Crippen molar-refractivity contribution < 1.29 is 0 Å². The molecule has 21 heavy (non-hydrogen) atoms. The van der Waals surface area contributed by atoms with Gasteiger partial charge in [0.25, 0.3) is 0 Å². The summed E-state index contributed by atoms with van der Waals surface area (Å²) in [5.74, 6) is 0.120. The Kier molecular flexibility index (Phi) is 4.63. The van der Waals surface area contributed by atoms with Crippen LogP contribution in [0.3, 0.4) is 0 Å². The van der Waals surface area contributed by atoms with Gasteiger partial charge in [0, 0.05) is 19.3 Å². The summed E-state index contributed by atoms with van der Waals surface area (Å²) >= 11 is 0. The standard InChI is InChI=1S/C18H23N3/c1-13-9-14(2)11-16(10-13)21(3)12-17(18(19)20)15-7-5-4-6-8-15/h4-11,17H,12H2,1-3H3,(H3,19,20). The number of rotatable bonds is 5. The largest absolute Gasteiger partial charge is 0.387 e. The predicted molar refractivity (Wildman–Crippen MR) is 90.3 cm³/mol. The van der Waals surface area contributed by atoms with Crippen LogP contribution in [0, 0.1) is 19.3 Å². The maximum absolute atomic E-state index is 7.88. The fraction of sp³-hybridized carbons (Fsp3) is 0.278. The number of hydrogen-bond acceptors (Lipinski definition) is 2. The molecule has 3 nitrogen and oxygen atoms in total. The van der Waals surface area contributed by atoms with Crippen molar-refractivity contribution in [3.8, 4) is 0 Å². The van der Waals surface area contributed by atoms with Crippen LogP contribution in [0.15, 0.2) is 48.5 Å². The molecule has 1 atom stereocenters. The normalized spacial score (nSPS) is 12.0. The van der Waals surface area contributed by atoms with E-state index in [0.717, 1.165) is 11.3 Å². The van der Waals surface area contributed by atoms with Crippen molar-refractivity contribution in [2.75, 3.05) is 18.5 Å². The topological polar surface area (TPSA) is 53.1 Å². The highest BCUT2D eigenvalue weighted by molar-refractivity contribution is 5.85. The molecule has 2 aromatic carbocycles. The quantitative estimate of drug-likeness (QED) is 0.651. The maximum Gasteiger partial charge on any atom is 0.1000 e. The van der Waals surface area contributed by atoms with Gasteiger partial charge in [-0.2, -0.15) is 0 Å². The van der Waals surface area contributed by atoms with Gasteiger partial charge in [-0.15, -0.1) is 0 Å². The van der Waals surface area contributed by atoms with Gasteiger partial charge in [0.05, 0.1) is 11.8 Å². The monoisotopic (exact) mass is 281 g/mol. The maximum atomic E-state index is 7.88. The molecule has 0 heterocycles. The number of amidine groups is 1. The lowest BCUT2D eigenvalue weighted by molar-refractivity contribution is 0.812. The number of likely N-dealkylation sites (N-methyl/N-ethyl adjacent to an activating group) is 1. The molecular formula is C18H23N3. The summed E-state index contributed by atoms with van der Waals surface area (Å²) in [7, 11) is 2.05. The zero-order valence-corrected chi connectivity index (χ0v) is 12.9. The Labute approximate surface area is 126 Å². The molecule has 0 saturated heterocycles. The molecule has 0 aromatic heterocycles. The van der Waals surface area contributed by atoms with E-state index in [2.05, 4.69) is 36.9 Å². The summed E-state index contributed by atoms with van der Waals surface area (Å²) in [6.45, 7) is 4.90. The number of nitrogens with zero attached hydrogens (tertiary/aromatic N) is 1. The Morgan fingerprint density at radius 1 is 1.10 bits per heavy atom. The highest BCUT2D eigenvalue weighted by atomic mass is 15.1. The van der Waals surface area contributed by atoms with Gasteiger partial charge in [-0.05, 0) is 42.7 Å². The zero-order chi connectivity index (χ0) is 15.4. The third-order valence-electron chi connectivity index (χ3n) is 3.68. The van der Waals surface area contributed by atoms with E-state index in [1.54, 1.807) is 0 Å². The van der Waals surface area contributed by atoms with Crippen molar-refractivity contribution in [3.63, 3.8) is 0 Å². The van der Waals surface area contributed by atoms with Gasteiger partial charge in [-0.3, -0.25) is 5.41 Å². The van der Waals surface area contributed by atoms with Crippen molar-refractivity contribution in [2.45, 2.75) is 19.8 Å². The number of nitrogens with two attached hydrogens (primary N) is 1. The number of hydrogen-bond donors (Lipinski definition) is 2. The minimum absolute atomic E-state index is 0.0861. The first-order valence-corrected chi connectivity index (χ1v) is 7.15. The summed E-state index contributed by atoms with van der Waals surface area (Å²) in [6, 6.07) is 16.5. The van der Waals surface area contributed by atoms with Gasteiger partial charge in [0.2, 0.25) is 0 Å².